The monoisotopic (exact) mass is 426 g/mol. The maximum atomic E-state index is 12.0. The Morgan fingerprint density at radius 1 is 1.18 bits per heavy atom. The van der Waals surface area contributed by atoms with Gasteiger partial charge in [0, 0.05) is 15.5 Å². The number of nitrogens with one attached hydrogen (secondary N) is 1. The predicted molar refractivity (Wildman–Crippen MR) is 91.3 cm³/mol. The molecular formula is C14H12Br2N4O2. The van der Waals surface area contributed by atoms with E-state index in [1.807, 2.05) is 16.7 Å². The number of hydrogen-bond donors (Lipinski definition) is 1. The molecule has 22 heavy (non-hydrogen) atoms. The third-order valence-electron chi connectivity index (χ3n) is 3.20. The van der Waals surface area contributed by atoms with Crippen LogP contribution in [0.15, 0.2) is 30.7 Å². The van der Waals surface area contributed by atoms with E-state index in [9.17, 15) is 9.59 Å². The van der Waals surface area contributed by atoms with E-state index in [4.69, 9.17) is 0 Å². The molecule has 0 bridgehead atoms. The van der Waals surface area contributed by atoms with Crippen LogP contribution in [0.2, 0.25) is 0 Å². The quantitative estimate of drug-likeness (QED) is 0.637. The van der Waals surface area contributed by atoms with Crippen molar-refractivity contribution < 1.29 is 0 Å². The number of aromatic amines is 1. The number of aromatic nitrogens is 4. The average molecular weight is 428 g/mol. The first kappa shape index (κ1) is 15.4. The maximum absolute atomic E-state index is 12.0. The maximum Gasteiger partial charge on any atom is 0.349 e. The van der Waals surface area contributed by atoms with Crippen molar-refractivity contribution in [2.45, 2.75) is 20.4 Å². The molecule has 0 unspecified atom stereocenters. The molecule has 0 saturated heterocycles. The molecule has 1 aromatic carbocycles. The van der Waals surface area contributed by atoms with Gasteiger partial charge in [0.15, 0.2) is 11.5 Å². The lowest BCUT2D eigenvalue weighted by atomic mass is 10.2. The van der Waals surface area contributed by atoms with Gasteiger partial charge in [-0.15, -0.1) is 0 Å². The molecule has 0 radical (unpaired) electrons. The molecule has 1 N–H and O–H groups in total. The number of benzene rings is 1. The Morgan fingerprint density at radius 2 is 1.86 bits per heavy atom. The Hall–Kier alpha value is -1.54. The fourth-order valence-electron chi connectivity index (χ4n) is 2.34. The molecule has 2 heterocycles. The summed E-state index contributed by atoms with van der Waals surface area (Å²) in [4.78, 5) is 34.1. The Balaban J connectivity index is 2.53. The van der Waals surface area contributed by atoms with Crippen molar-refractivity contribution in [3.05, 3.63) is 41.9 Å². The molecule has 6 nitrogen and oxygen atoms in total. The van der Waals surface area contributed by atoms with Gasteiger partial charge in [0.2, 0.25) is 0 Å². The van der Waals surface area contributed by atoms with E-state index >= 15 is 0 Å². The summed E-state index contributed by atoms with van der Waals surface area (Å²) < 4.78 is 3.58. The van der Waals surface area contributed by atoms with Crippen LogP contribution in [0.5, 0.6) is 0 Å². The van der Waals surface area contributed by atoms with Crippen LogP contribution in [0, 0.1) is 5.92 Å². The lowest BCUT2D eigenvalue weighted by molar-refractivity contribution is 0.530. The van der Waals surface area contributed by atoms with E-state index in [-0.39, 0.29) is 5.69 Å². The summed E-state index contributed by atoms with van der Waals surface area (Å²) in [5, 5.41) is 0. The Labute approximate surface area is 142 Å². The molecule has 0 spiro atoms. The molecule has 114 valence electrons. The Kier molecular flexibility index (Phi) is 3.90. The summed E-state index contributed by atoms with van der Waals surface area (Å²) in [5.74, 6) is 0.626. The fraction of sp³-hybridized carbons (Fsp3) is 0.286. The molecule has 0 atom stereocenters. The molecule has 0 fully saturated rings. The molecule has 0 amide bonds. The highest BCUT2D eigenvalue weighted by molar-refractivity contribution is 9.13. The van der Waals surface area contributed by atoms with E-state index < -0.39 is 11.2 Å². The standard InChI is InChI=1S/C14H12Br2N4O2/c1-6(2)5-20-10-4-8(16)7(15)3-9(10)17-11-12(20)18-14(22)19-13(11)21/h3-4,6H,5H2,1-2H3,(H,19,21,22). The third-order valence-corrected chi connectivity index (χ3v) is 5.04. The minimum absolute atomic E-state index is 0.168. The van der Waals surface area contributed by atoms with Crippen molar-refractivity contribution in [2.24, 2.45) is 5.92 Å². The molecule has 1 aromatic rings. The molecule has 8 heteroatoms. The summed E-state index contributed by atoms with van der Waals surface area (Å²) in [6.45, 7) is 4.74. The van der Waals surface area contributed by atoms with Gasteiger partial charge in [-0.3, -0.25) is 9.78 Å². The lowest BCUT2D eigenvalue weighted by Gasteiger charge is -2.18. The number of hydrogen-bond acceptors (Lipinski definition) is 4. The smallest absolute Gasteiger partial charge is 0.322 e. The lowest BCUT2D eigenvalue weighted by Crippen LogP contribution is -2.29. The van der Waals surface area contributed by atoms with Crippen LogP contribution in [0.4, 0.5) is 0 Å². The SMILES string of the molecule is CC(C)Cn1c2nc(=O)[nH]c(=O)c-2nc2cc(Br)c(Br)cc21. The Morgan fingerprint density at radius 3 is 2.55 bits per heavy atom. The largest absolute Gasteiger partial charge is 0.349 e. The molecule has 0 aliphatic carbocycles. The zero-order valence-electron chi connectivity index (χ0n) is 11.9. The number of fused-ring (bicyclic) bond motifs is 2. The van der Waals surface area contributed by atoms with Crippen molar-refractivity contribution in [3.8, 4) is 11.5 Å². The molecule has 2 aliphatic heterocycles. The molecule has 0 aromatic heterocycles. The highest BCUT2D eigenvalue weighted by atomic mass is 79.9. The predicted octanol–water partition coefficient (Wildman–Crippen LogP) is 2.77. The summed E-state index contributed by atoms with van der Waals surface area (Å²) in [6.07, 6.45) is 0. The number of H-pyrrole nitrogens is 1. The topological polar surface area (TPSA) is 80.6 Å². The minimum atomic E-state index is -0.660. The first-order chi connectivity index (χ1) is 10.4. The van der Waals surface area contributed by atoms with E-state index in [0.29, 0.717) is 23.8 Å². The van der Waals surface area contributed by atoms with E-state index in [1.54, 1.807) is 0 Å². The van der Waals surface area contributed by atoms with Gasteiger partial charge < -0.3 is 4.57 Å². The second-order valence-corrected chi connectivity index (χ2v) is 7.12. The van der Waals surface area contributed by atoms with Gasteiger partial charge >= 0.3 is 5.69 Å². The van der Waals surface area contributed by atoms with Gasteiger partial charge in [-0.1, -0.05) is 13.8 Å². The molecule has 3 rings (SSSR count). The molecule has 2 aliphatic rings. The van der Waals surface area contributed by atoms with Gasteiger partial charge in [0.25, 0.3) is 5.56 Å². The summed E-state index contributed by atoms with van der Waals surface area (Å²) in [5.41, 5.74) is 0.464. The van der Waals surface area contributed by atoms with Gasteiger partial charge in [-0.25, -0.2) is 9.78 Å². The van der Waals surface area contributed by atoms with Gasteiger partial charge in [-0.2, -0.15) is 4.98 Å². The second kappa shape index (κ2) is 5.58. The van der Waals surface area contributed by atoms with Crippen LogP contribution >= 0.6 is 31.9 Å². The first-order valence-corrected chi connectivity index (χ1v) is 8.25. The normalized spacial score (nSPS) is 11.7. The van der Waals surface area contributed by atoms with Crippen LogP contribution in [0.3, 0.4) is 0 Å². The van der Waals surface area contributed by atoms with Gasteiger partial charge in [0.1, 0.15) is 0 Å². The minimum Gasteiger partial charge on any atom is -0.322 e. The summed E-state index contributed by atoms with van der Waals surface area (Å²) in [6, 6.07) is 3.74. The van der Waals surface area contributed by atoms with Crippen molar-refractivity contribution >= 4 is 42.9 Å². The average Bonchev–Trinajstić information content (AvgIpc) is 2.41. The van der Waals surface area contributed by atoms with Crippen molar-refractivity contribution in [1.82, 2.24) is 19.5 Å². The van der Waals surface area contributed by atoms with Crippen LogP contribution < -0.4 is 11.2 Å². The van der Waals surface area contributed by atoms with E-state index in [1.165, 1.54) is 0 Å². The van der Waals surface area contributed by atoms with Crippen LogP contribution in [-0.2, 0) is 6.54 Å². The number of halogens is 2. The van der Waals surface area contributed by atoms with E-state index in [2.05, 4.69) is 60.7 Å². The fourth-order valence-corrected chi connectivity index (χ4v) is 3.00. The van der Waals surface area contributed by atoms with Crippen LogP contribution in [-0.4, -0.2) is 19.5 Å². The summed E-state index contributed by atoms with van der Waals surface area (Å²) >= 11 is 6.91. The second-order valence-electron chi connectivity index (χ2n) is 5.41. The van der Waals surface area contributed by atoms with Crippen LogP contribution in [0.1, 0.15) is 13.8 Å². The first-order valence-electron chi connectivity index (χ1n) is 6.66. The van der Waals surface area contributed by atoms with Gasteiger partial charge in [-0.05, 0) is 49.9 Å². The highest BCUT2D eigenvalue weighted by Crippen LogP contribution is 2.30. The van der Waals surface area contributed by atoms with Crippen molar-refractivity contribution in [2.75, 3.05) is 0 Å². The Bertz CT molecular complexity index is 962. The number of rotatable bonds is 2. The van der Waals surface area contributed by atoms with Crippen LogP contribution in [0.25, 0.3) is 22.6 Å². The third kappa shape index (κ3) is 2.61. The van der Waals surface area contributed by atoms with Crippen molar-refractivity contribution in [1.29, 1.82) is 0 Å². The van der Waals surface area contributed by atoms with Crippen molar-refractivity contribution in [3.63, 3.8) is 0 Å². The summed E-state index contributed by atoms with van der Waals surface area (Å²) in [7, 11) is 0. The zero-order chi connectivity index (χ0) is 16.0. The van der Waals surface area contributed by atoms with E-state index in [0.717, 1.165) is 14.5 Å². The zero-order valence-corrected chi connectivity index (χ0v) is 15.0. The molecule has 0 saturated carbocycles. The highest BCUT2D eigenvalue weighted by Gasteiger charge is 2.19. The number of nitrogens with zero attached hydrogens (tertiary/aromatic N) is 3. The molecular weight excluding hydrogens is 416 g/mol. The van der Waals surface area contributed by atoms with Gasteiger partial charge in [0.05, 0.1) is 11.0 Å².